The summed E-state index contributed by atoms with van der Waals surface area (Å²) in [4.78, 5) is 17.0. The molecule has 0 saturated carbocycles. The van der Waals surface area contributed by atoms with Crippen LogP contribution < -0.4 is 4.74 Å². The van der Waals surface area contributed by atoms with Gasteiger partial charge in [0.1, 0.15) is 17.6 Å². The lowest BCUT2D eigenvalue weighted by atomic mass is 10.1. The Kier molecular flexibility index (Phi) is 4.27. The molecule has 0 saturated heterocycles. The number of nitrogens with zero attached hydrogens (tertiary/aromatic N) is 2. The number of fused-ring (bicyclic) bond motifs is 1. The van der Waals surface area contributed by atoms with E-state index in [0.717, 1.165) is 23.2 Å². The monoisotopic (exact) mass is 346 g/mol. The van der Waals surface area contributed by atoms with Crippen LogP contribution in [0.1, 0.15) is 17.3 Å². The van der Waals surface area contributed by atoms with Crippen LogP contribution >= 0.6 is 0 Å². The van der Waals surface area contributed by atoms with Crippen LogP contribution in [0.5, 0.6) is 5.75 Å². The van der Waals surface area contributed by atoms with E-state index in [1.54, 1.807) is 6.33 Å². The maximum Gasteiger partial charge on any atom is 0.204 e. The molecule has 0 aliphatic heterocycles. The van der Waals surface area contributed by atoms with Gasteiger partial charge in [-0.1, -0.05) is 30.3 Å². The van der Waals surface area contributed by atoms with Gasteiger partial charge in [-0.3, -0.25) is 4.79 Å². The molecule has 2 heterocycles. The molecule has 0 amide bonds. The second-order valence-electron chi connectivity index (χ2n) is 5.94. The van der Waals surface area contributed by atoms with Gasteiger partial charge in [-0.2, -0.15) is 0 Å². The number of imidazole rings is 1. The van der Waals surface area contributed by atoms with Gasteiger partial charge in [-0.05, 0) is 25.1 Å². The molecule has 0 aliphatic rings. The van der Waals surface area contributed by atoms with Crippen molar-refractivity contribution in [2.24, 2.45) is 0 Å². The summed E-state index contributed by atoms with van der Waals surface area (Å²) in [5, 5.41) is 0.802. The molecular weight excluding hydrogens is 328 g/mol. The molecule has 0 radical (unpaired) electrons. The Morgan fingerprint density at radius 3 is 2.81 bits per heavy atom. The van der Waals surface area contributed by atoms with Crippen LogP contribution in [0.2, 0.25) is 0 Å². The fourth-order valence-corrected chi connectivity index (χ4v) is 2.89. The van der Waals surface area contributed by atoms with E-state index in [1.807, 2.05) is 59.3 Å². The van der Waals surface area contributed by atoms with Crippen molar-refractivity contribution >= 4 is 16.8 Å². The fraction of sp³-hybridized carbons (Fsp3) is 0.143. The molecule has 130 valence electrons. The Bertz CT molecular complexity index is 1060. The van der Waals surface area contributed by atoms with Gasteiger partial charge >= 0.3 is 0 Å². The van der Waals surface area contributed by atoms with Crippen molar-refractivity contribution in [1.82, 2.24) is 9.55 Å². The number of benzene rings is 2. The van der Waals surface area contributed by atoms with Crippen molar-refractivity contribution in [2.75, 3.05) is 6.61 Å². The standard InChI is InChI=1S/C21H18N2O3/c1-2-23-11-18(22-14-23)16-8-4-6-10-21(16)26-13-19(24)17-12-25-20-9-5-3-7-15(17)20/h3-12,14H,2,13H2,1H3. The summed E-state index contributed by atoms with van der Waals surface area (Å²) in [6.45, 7) is 2.85. The Hall–Kier alpha value is -3.34. The van der Waals surface area contributed by atoms with E-state index in [-0.39, 0.29) is 12.4 Å². The molecule has 0 bridgehead atoms. The molecule has 5 heteroatoms. The highest BCUT2D eigenvalue weighted by Gasteiger charge is 2.15. The predicted molar refractivity (Wildman–Crippen MR) is 99.4 cm³/mol. The Morgan fingerprint density at radius 1 is 1.15 bits per heavy atom. The van der Waals surface area contributed by atoms with Crippen molar-refractivity contribution in [3.05, 3.63) is 72.9 Å². The van der Waals surface area contributed by atoms with Gasteiger partial charge in [0, 0.05) is 23.7 Å². The highest BCUT2D eigenvalue weighted by Crippen LogP contribution is 2.29. The van der Waals surface area contributed by atoms with E-state index in [4.69, 9.17) is 9.15 Å². The summed E-state index contributed by atoms with van der Waals surface area (Å²) in [7, 11) is 0. The van der Waals surface area contributed by atoms with E-state index < -0.39 is 0 Å². The lowest BCUT2D eigenvalue weighted by Gasteiger charge is -2.09. The lowest BCUT2D eigenvalue weighted by molar-refractivity contribution is 0.0922. The number of carbonyl (C=O) groups excluding carboxylic acids is 1. The number of aromatic nitrogens is 2. The van der Waals surface area contributed by atoms with Crippen molar-refractivity contribution in [2.45, 2.75) is 13.5 Å². The highest BCUT2D eigenvalue weighted by atomic mass is 16.5. The molecule has 5 nitrogen and oxygen atoms in total. The quantitative estimate of drug-likeness (QED) is 0.480. The number of ether oxygens (including phenoxy) is 1. The third kappa shape index (κ3) is 2.99. The number of Topliss-reactive ketones (excluding diaryl/α,β-unsaturated/α-hetero) is 1. The zero-order valence-corrected chi connectivity index (χ0v) is 14.4. The second-order valence-corrected chi connectivity index (χ2v) is 5.94. The first-order valence-electron chi connectivity index (χ1n) is 8.49. The predicted octanol–water partition coefficient (Wildman–Crippen LogP) is 4.58. The number of ketones is 1. The molecule has 0 N–H and O–H groups in total. The molecule has 26 heavy (non-hydrogen) atoms. The molecular formula is C21H18N2O3. The highest BCUT2D eigenvalue weighted by molar-refractivity contribution is 6.07. The molecule has 0 fully saturated rings. The number of aryl methyl sites for hydroxylation is 1. The van der Waals surface area contributed by atoms with Crippen LogP contribution in [0.3, 0.4) is 0 Å². The molecule has 0 aliphatic carbocycles. The minimum Gasteiger partial charge on any atom is -0.485 e. The summed E-state index contributed by atoms with van der Waals surface area (Å²) < 4.78 is 13.3. The molecule has 4 aromatic rings. The van der Waals surface area contributed by atoms with Crippen LogP contribution in [0, 0.1) is 0 Å². The minimum atomic E-state index is -0.121. The summed E-state index contributed by atoms with van der Waals surface area (Å²) in [5.41, 5.74) is 2.92. The molecule has 0 atom stereocenters. The molecule has 2 aromatic carbocycles. The zero-order chi connectivity index (χ0) is 17.9. The number of carbonyl (C=O) groups is 1. The maximum atomic E-state index is 12.6. The van der Waals surface area contributed by atoms with Crippen LogP contribution in [0.4, 0.5) is 0 Å². The summed E-state index contributed by atoms with van der Waals surface area (Å²) in [6.07, 6.45) is 5.24. The van der Waals surface area contributed by atoms with Gasteiger partial charge in [0.25, 0.3) is 0 Å². The van der Waals surface area contributed by atoms with Gasteiger partial charge < -0.3 is 13.7 Å². The van der Waals surface area contributed by atoms with Crippen molar-refractivity contribution in [3.63, 3.8) is 0 Å². The third-order valence-electron chi connectivity index (χ3n) is 4.30. The number of hydrogen-bond acceptors (Lipinski definition) is 4. The topological polar surface area (TPSA) is 57.3 Å². The van der Waals surface area contributed by atoms with Gasteiger partial charge in [0.15, 0.2) is 6.61 Å². The van der Waals surface area contributed by atoms with Crippen molar-refractivity contribution in [3.8, 4) is 17.0 Å². The number of furan rings is 1. The van der Waals surface area contributed by atoms with Crippen molar-refractivity contribution < 1.29 is 13.9 Å². The summed E-state index contributed by atoms with van der Waals surface area (Å²) in [6, 6.07) is 15.1. The Morgan fingerprint density at radius 2 is 1.96 bits per heavy atom. The molecule has 0 unspecified atom stereocenters. The fourth-order valence-electron chi connectivity index (χ4n) is 2.89. The largest absolute Gasteiger partial charge is 0.485 e. The van der Waals surface area contributed by atoms with E-state index >= 15 is 0 Å². The lowest BCUT2D eigenvalue weighted by Crippen LogP contribution is -2.11. The van der Waals surface area contributed by atoms with Gasteiger partial charge in [-0.15, -0.1) is 0 Å². The van der Waals surface area contributed by atoms with E-state index in [9.17, 15) is 4.79 Å². The van der Waals surface area contributed by atoms with E-state index in [2.05, 4.69) is 11.9 Å². The van der Waals surface area contributed by atoms with Gasteiger partial charge in [0.05, 0.1) is 17.6 Å². The SMILES string of the molecule is CCn1cnc(-c2ccccc2OCC(=O)c2coc3ccccc23)c1. The Balaban J connectivity index is 1.56. The Labute approximate surface area is 150 Å². The molecule has 0 spiro atoms. The van der Waals surface area contributed by atoms with Crippen LogP contribution in [-0.2, 0) is 6.54 Å². The minimum absolute atomic E-state index is 0.0605. The van der Waals surface area contributed by atoms with Crippen molar-refractivity contribution in [1.29, 1.82) is 0 Å². The first-order chi connectivity index (χ1) is 12.8. The van der Waals surface area contributed by atoms with E-state index in [1.165, 1.54) is 6.26 Å². The smallest absolute Gasteiger partial charge is 0.204 e. The first kappa shape index (κ1) is 16.1. The number of hydrogen-bond donors (Lipinski definition) is 0. The number of para-hydroxylation sites is 2. The van der Waals surface area contributed by atoms with Crippen LogP contribution in [0.25, 0.3) is 22.2 Å². The zero-order valence-electron chi connectivity index (χ0n) is 14.4. The van der Waals surface area contributed by atoms with Gasteiger partial charge in [0.2, 0.25) is 5.78 Å². The molecule has 4 rings (SSSR count). The van der Waals surface area contributed by atoms with Crippen LogP contribution in [0.15, 0.2) is 71.7 Å². The third-order valence-corrected chi connectivity index (χ3v) is 4.30. The summed E-state index contributed by atoms with van der Waals surface area (Å²) >= 11 is 0. The van der Waals surface area contributed by atoms with Gasteiger partial charge in [-0.25, -0.2) is 4.98 Å². The van der Waals surface area contributed by atoms with Crippen LogP contribution in [-0.4, -0.2) is 21.9 Å². The van der Waals surface area contributed by atoms with E-state index in [0.29, 0.717) is 16.9 Å². The normalized spacial score (nSPS) is 11.0. The average Bonchev–Trinajstić information content (AvgIpc) is 3.33. The summed E-state index contributed by atoms with van der Waals surface area (Å²) in [5.74, 6) is 0.513. The average molecular weight is 346 g/mol. The number of rotatable bonds is 6. The molecule has 2 aromatic heterocycles. The first-order valence-corrected chi connectivity index (χ1v) is 8.49. The maximum absolute atomic E-state index is 12.6. The second kappa shape index (κ2) is 6.88.